The van der Waals surface area contributed by atoms with Gasteiger partial charge in [0.15, 0.2) is 5.78 Å². The van der Waals surface area contributed by atoms with Gasteiger partial charge in [-0.3, -0.25) is 4.79 Å². The van der Waals surface area contributed by atoms with Gasteiger partial charge >= 0.3 is 0 Å². The number of hydrogen-bond donors (Lipinski definition) is 1. The molecule has 3 nitrogen and oxygen atoms in total. The van der Waals surface area contributed by atoms with Crippen molar-refractivity contribution in [1.29, 1.82) is 0 Å². The van der Waals surface area contributed by atoms with Gasteiger partial charge in [-0.2, -0.15) is 0 Å². The third-order valence-corrected chi connectivity index (χ3v) is 5.12. The molecule has 22 heavy (non-hydrogen) atoms. The summed E-state index contributed by atoms with van der Waals surface area (Å²) in [5, 5.41) is 9.55. The van der Waals surface area contributed by atoms with Crippen molar-refractivity contribution in [2.75, 3.05) is 0 Å². The highest BCUT2D eigenvalue weighted by atomic mass is 16.3. The van der Waals surface area contributed by atoms with Crippen molar-refractivity contribution in [1.82, 2.24) is 4.57 Å². The van der Waals surface area contributed by atoms with E-state index < -0.39 is 0 Å². The second kappa shape index (κ2) is 4.87. The monoisotopic (exact) mass is 293 g/mol. The summed E-state index contributed by atoms with van der Waals surface area (Å²) in [6.45, 7) is 0. The maximum Gasteiger partial charge on any atom is 0.168 e. The second-order valence-corrected chi connectivity index (χ2v) is 6.35. The van der Waals surface area contributed by atoms with Gasteiger partial charge in [0.05, 0.1) is 5.69 Å². The zero-order chi connectivity index (χ0) is 15.3. The molecule has 0 bridgehead atoms. The van der Waals surface area contributed by atoms with Gasteiger partial charge in [-0.1, -0.05) is 18.6 Å². The number of hydrogen-bond acceptors (Lipinski definition) is 2. The van der Waals surface area contributed by atoms with E-state index in [2.05, 4.69) is 0 Å². The number of fused-ring (bicyclic) bond motifs is 1. The van der Waals surface area contributed by atoms with E-state index in [0.29, 0.717) is 11.7 Å². The fourth-order valence-corrected chi connectivity index (χ4v) is 4.11. The van der Waals surface area contributed by atoms with Gasteiger partial charge < -0.3 is 9.67 Å². The molecule has 3 heteroatoms. The third-order valence-electron chi connectivity index (χ3n) is 5.12. The number of aromatic nitrogens is 1. The number of phenols is 1. The van der Waals surface area contributed by atoms with Crippen molar-refractivity contribution in [3.8, 4) is 5.75 Å². The smallest absolute Gasteiger partial charge is 0.168 e. The fourth-order valence-electron chi connectivity index (χ4n) is 4.11. The molecule has 1 N–H and O–H groups in total. The lowest BCUT2D eigenvalue weighted by atomic mass is 9.90. The number of ketones is 1. The zero-order valence-corrected chi connectivity index (χ0v) is 12.6. The van der Waals surface area contributed by atoms with E-state index >= 15 is 0 Å². The number of rotatable bonds is 2. The molecule has 4 rings (SSSR count). The van der Waals surface area contributed by atoms with E-state index in [4.69, 9.17) is 0 Å². The topological polar surface area (TPSA) is 42.2 Å². The fraction of sp³-hybridized carbons (Fsp3) is 0.316. The van der Waals surface area contributed by atoms with Crippen LogP contribution in [0.3, 0.4) is 0 Å². The average Bonchev–Trinajstić information content (AvgIpc) is 3.18. The normalized spacial score (nSPS) is 24.1. The average molecular weight is 293 g/mol. The summed E-state index contributed by atoms with van der Waals surface area (Å²) in [6.07, 6.45) is 5.20. The minimum absolute atomic E-state index is 0.147. The molecule has 1 fully saturated rings. The number of benzene rings is 1. The molecular weight excluding hydrogens is 274 g/mol. The van der Waals surface area contributed by atoms with E-state index in [0.717, 1.165) is 36.1 Å². The number of carbonyl (C=O) groups excluding carboxylic acids is 1. The first-order chi connectivity index (χ1) is 10.7. The Morgan fingerprint density at radius 2 is 1.82 bits per heavy atom. The Morgan fingerprint density at radius 3 is 2.50 bits per heavy atom. The standard InChI is InChI=1S/C19H19NO2/c1-20-11-3-6-16(20)18-17(12-7-9-13(21)10-8-12)14-4-2-5-15(14)19(18)22/h3,6-11,14-15,21H,2,4-5H2,1H3. The SMILES string of the molecule is Cn1cccc1C1=C(c2ccc(O)cc2)C2CCCC2C1=O. The molecule has 0 radical (unpaired) electrons. The number of Topliss-reactive ketones (excluding diaryl/α,β-unsaturated/α-hetero) is 1. The van der Waals surface area contributed by atoms with Crippen LogP contribution in [0.25, 0.3) is 11.1 Å². The van der Waals surface area contributed by atoms with Crippen molar-refractivity contribution in [2.45, 2.75) is 19.3 Å². The van der Waals surface area contributed by atoms with E-state index in [1.807, 2.05) is 42.1 Å². The van der Waals surface area contributed by atoms with E-state index in [1.54, 1.807) is 12.1 Å². The van der Waals surface area contributed by atoms with Crippen LogP contribution in [0.1, 0.15) is 30.5 Å². The van der Waals surface area contributed by atoms with Crippen LogP contribution in [-0.4, -0.2) is 15.5 Å². The van der Waals surface area contributed by atoms with Crippen molar-refractivity contribution in [3.63, 3.8) is 0 Å². The summed E-state index contributed by atoms with van der Waals surface area (Å²) in [5.41, 5.74) is 4.13. The molecule has 112 valence electrons. The predicted molar refractivity (Wildman–Crippen MR) is 86.2 cm³/mol. The molecule has 0 saturated heterocycles. The quantitative estimate of drug-likeness (QED) is 0.918. The van der Waals surface area contributed by atoms with Gasteiger partial charge in [-0.15, -0.1) is 0 Å². The molecule has 2 unspecified atom stereocenters. The minimum atomic E-state index is 0.147. The van der Waals surface area contributed by atoms with Crippen LogP contribution >= 0.6 is 0 Å². The molecule has 1 heterocycles. The van der Waals surface area contributed by atoms with Crippen molar-refractivity contribution in [2.24, 2.45) is 18.9 Å². The van der Waals surface area contributed by atoms with Gasteiger partial charge in [0.25, 0.3) is 0 Å². The van der Waals surface area contributed by atoms with E-state index in [-0.39, 0.29) is 11.7 Å². The van der Waals surface area contributed by atoms with Crippen molar-refractivity contribution in [3.05, 3.63) is 53.9 Å². The minimum Gasteiger partial charge on any atom is -0.508 e. The first-order valence-electron chi connectivity index (χ1n) is 7.86. The Hall–Kier alpha value is -2.29. The summed E-state index contributed by atoms with van der Waals surface area (Å²) >= 11 is 0. The Kier molecular flexibility index (Phi) is 2.96. The first kappa shape index (κ1) is 13.4. The number of carbonyl (C=O) groups is 1. The number of allylic oxidation sites excluding steroid dienone is 2. The molecule has 2 aromatic rings. The molecule has 1 aromatic heterocycles. The Labute approximate surface area is 129 Å². The summed E-state index contributed by atoms with van der Waals surface area (Å²) < 4.78 is 2.02. The highest BCUT2D eigenvalue weighted by molar-refractivity contribution is 6.32. The molecular formula is C19H19NO2. The van der Waals surface area contributed by atoms with E-state index in [1.165, 1.54) is 5.57 Å². The number of phenolic OH excluding ortho intramolecular Hbond substituents is 1. The van der Waals surface area contributed by atoms with Gasteiger partial charge in [-0.05, 0) is 54.2 Å². The number of nitrogens with zero attached hydrogens (tertiary/aromatic N) is 1. The van der Waals surface area contributed by atoms with Crippen LogP contribution in [0.4, 0.5) is 0 Å². The summed E-state index contributed by atoms with van der Waals surface area (Å²) in [6, 6.07) is 11.3. The van der Waals surface area contributed by atoms with Gasteiger partial charge in [0.1, 0.15) is 5.75 Å². The van der Waals surface area contributed by atoms with Gasteiger partial charge in [-0.25, -0.2) is 0 Å². The van der Waals surface area contributed by atoms with Crippen LogP contribution < -0.4 is 0 Å². The maximum atomic E-state index is 13.0. The molecule has 1 saturated carbocycles. The predicted octanol–water partition coefficient (Wildman–Crippen LogP) is 3.64. The second-order valence-electron chi connectivity index (χ2n) is 6.35. The molecule has 0 spiro atoms. The molecule has 2 aliphatic carbocycles. The van der Waals surface area contributed by atoms with Crippen molar-refractivity contribution >= 4 is 16.9 Å². The molecule has 1 aromatic carbocycles. The zero-order valence-electron chi connectivity index (χ0n) is 12.6. The maximum absolute atomic E-state index is 13.0. The lowest BCUT2D eigenvalue weighted by Crippen LogP contribution is -2.12. The highest BCUT2D eigenvalue weighted by Gasteiger charge is 2.45. The molecule has 0 amide bonds. The first-order valence-corrected chi connectivity index (χ1v) is 7.86. The molecule has 2 atom stereocenters. The van der Waals surface area contributed by atoms with Gasteiger partial charge in [0, 0.05) is 24.7 Å². The Balaban J connectivity index is 1.94. The summed E-state index contributed by atoms with van der Waals surface area (Å²) in [5.74, 6) is 1.04. The largest absolute Gasteiger partial charge is 0.508 e. The lowest BCUT2D eigenvalue weighted by molar-refractivity contribution is -0.117. The Bertz CT molecular complexity index is 767. The summed E-state index contributed by atoms with van der Waals surface area (Å²) in [4.78, 5) is 13.0. The number of aromatic hydroxyl groups is 1. The third kappa shape index (κ3) is 1.85. The van der Waals surface area contributed by atoms with Crippen LogP contribution in [-0.2, 0) is 11.8 Å². The van der Waals surface area contributed by atoms with Crippen LogP contribution in [0.15, 0.2) is 42.6 Å². The van der Waals surface area contributed by atoms with Crippen LogP contribution in [0.2, 0.25) is 0 Å². The van der Waals surface area contributed by atoms with Crippen LogP contribution in [0, 0.1) is 11.8 Å². The lowest BCUT2D eigenvalue weighted by Gasteiger charge is -2.14. The summed E-state index contributed by atoms with van der Waals surface area (Å²) in [7, 11) is 1.98. The molecule has 0 aliphatic heterocycles. The molecule has 2 aliphatic rings. The highest BCUT2D eigenvalue weighted by Crippen LogP contribution is 2.52. The van der Waals surface area contributed by atoms with Crippen molar-refractivity contribution < 1.29 is 9.90 Å². The van der Waals surface area contributed by atoms with Crippen LogP contribution in [0.5, 0.6) is 5.75 Å². The van der Waals surface area contributed by atoms with E-state index in [9.17, 15) is 9.90 Å². The number of aryl methyl sites for hydroxylation is 1. The Morgan fingerprint density at radius 1 is 1.09 bits per heavy atom. The van der Waals surface area contributed by atoms with Gasteiger partial charge in [0.2, 0.25) is 0 Å².